The average Bonchev–Trinajstić information content (AvgIpc) is 3.31. The van der Waals surface area contributed by atoms with Crippen molar-refractivity contribution in [1.82, 2.24) is 0 Å². The van der Waals surface area contributed by atoms with Crippen LogP contribution >= 0.6 is 0 Å². The lowest BCUT2D eigenvalue weighted by atomic mass is 9.80. The normalized spacial score (nSPS) is 16.6. The Morgan fingerprint density at radius 2 is 1.49 bits per heavy atom. The number of nitrogens with zero attached hydrogens (tertiary/aromatic N) is 2. The number of benzene rings is 5. The van der Waals surface area contributed by atoms with E-state index in [2.05, 4.69) is 209 Å². The molecule has 274 valence electrons. The van der Waals surface area contributed by atoms with Gasteiger partial charge in [0.25, 0.3) is 0 Å². The molecule has 55 heavy (non-hydrogen) atoms. The zero-order valence-corrected chi connectivity index (χ0v) is 33.2. The number of anilines is 3. The van der Waals surface area contributed by atoms with E-state index >= 15 is 0 Å². The van der Waals surface area contributed by atoms with Gasteiger partial charge < -0.3 is 9.80 Å². The molecule has 5 aromatic rings. The molecule has 2 heterocycles. The number of hydrogen-bond donors (Lipinski definition) is 0. The van der Waals surface area contributed by atoms with Gasteiger partial charge >= 0.3 is 0 Å². The van der Waals surface area contributed by atoms with E-state index < -0.39 is 0 Å². The summed E-state index contributed by atoms with van der Waals surface area (Å²) < 4.78 is 0. The SMILES string of the molecule is CC=CC1=C(CC)N(c2cccc(-c3ccc(C=Cc4ccc5c(c4)C(C)(C)C(C=C(C)N4CCCc6ccccc64)=C5C)cc3)c2)c2ccccc2C=C1. The van der Waals surface area contributed by atoms with Crippen molar-refractivity contribution in [3.63, 3.8) is 0 Å². The molecule has 2 heteroatoms. The number of allylic oxidation sites excluding steroid dienone is 9. The fraction of sp³-hybridized carbons (Fsp3) is 0.208. The molecule has 0 atom stereocenters. The first-order chi connectivity index (χ1) is 26.8. The highest BCUT2D eigenvalue weighted by molar-refractivity contribution is 5.85. The van der Waals surface area contributed by atoms with E-state index in [1.54, 1.807) is 0 Å². The van der Waals surface area contributed by atoms with Crippen LogP contribution in [0.1, 0.15) is 87.8 Å². The Kier molecular flexibility index (Phi) is 9.93. The van der Waals surface area contributed by atoms with Gasteiger partial charge in [0.05, 0.1) is 5.69 Å². The zero-order valence-electron chi connectivity index (χ0n) is 33.2. The van der Waals surface area contributed by atoms with Crippen LogP contribution in [0.3, 0.4) is 0 Å². The lowest BCUT2D eigenvalue weighted by molar-refractivity contribution is 0.651. The molecular weight excluding hydrogens is 665 g/mol. The van der Waals surface area contributed by atoms with Gasteiger partial charge in [-0.15, -0.1) is 0 Å². The van der Waals surface area contributed by atoms with E-state index in [9.17, 15) is 0 Å². The van der Waals surface area contributed by atoms with E-state index in [-0.39, 0.29) is 5.41 Å². The Hall–Kier alpha value is -5.86. The highest BCUT2D eigenvalue weighted by Crippen LogP contribution is 2.48. The third-order valence-electron chi connectivity index (χ3n) is 11.8. The summed E-state index contributed by atoms with van der Waals surface area (Å²) in [5.74, 6) is 0. The molecular formula is C53H52N2. The van der Waals surface area contributed by atoms with Crippen molar-refractivity contribution in [3.05, 3.63) is 195 Å². The molecule has 2 aliphatic heterocycles. The molecule has 0 radical (unpaired) electrons. The first-order valence-corrected chi connectivity index (χ1v) is 20.0. The van der Waals surface area contributed by atoms with Crippen LogP contribution in [-0.4, -0.2) is 6.54 Å². The van der Waals surface area contributed by atoms with Gasteiger partial charge in [0.1, 0.15) is 0 Å². The third kappa shape index (κ3) is 6.87. The number of para-hydroxylation sites is 2. The van der Waals surface area contributed by atoms with Crippen molar-refractivity contribution in [2.24, 2.45) is 0 Å². The van der Waals surface area contributed by atoms with Crippen molar-refractivity contribution in [1.29, 1.82) is 0 Å². The Balaban J connectivity index is 1.02. The second-order valence-corrected chi connectivity index (χ2v) is 15.6. The third-order valence-corrected chi connectivity index (χ3v) is 11.8. The van der Waals surface area contributed by atoms with E-state index in [1.807, 2.05) is 0 Å². The van der Waals surface area contributed by atoms with E-state index in [0.717, 1.165) is 19.4 Å². The molecule has 0 amide bonds. The molecule has 0 N–H and O–H groups in total. The van der Waals surface area contributed by atoms with Crippen LogP contribution in [0.15, 0.2) is 162 Å². The molecule has 0 bridgehead atoms. The van der Waals surface area contributed by atoms with Gasteiger partial charge in [-0.25, -0.2) is 0 Å². The zero-order chi connectivity index (χ0) is 38.1. The minimum absolute atomic E-state index is 0.0795. The second-order valence-electron chi connectivity index (χ2n) is 15.6. The van der Waals surface area contributed by atoms with Crippen LogP contribution in [0.25, 0.3) is 34.9 Å². The highest BCUT2D eigenvalue weighted by atomic mass is 15.2. The summed E-state index contributed by atoms with van der Waals surface area (Å²) in [6.45, 7) is 14.8. The van der Waals surface area contributed by atoms with E-state index in [0.29, 0.717) is 0 Å². The molecule has 3 aliphatic rings. The first kappa shape index (κ1) is 36.1. The molecule has 0 spiro atoms. The summed E-state index contributed by atoms with van der Waals surface area (Å²) in [4.78, 5) is 4.95. The predicted octanol–water partition coefficient (Wildman–Crippen LogP) is 14.4. The van der Waals surface area contributed by atoms with Gasteiger partial charge in [0, 0.05) is 34.7 Å². The Bertz CT molecular complexity index is 2440. The summed E-state index contributed by atoms with van der Waals surface area (Å²) in [6.07, 6.45) is 19.1. The summed E-state index contributed by atoms with van der Waals surface area (Å²) in [7, 11) is 0. The molecule has 2 nitrogen and oxygen atoms in total. The predicted molar refractivity (Wildman–Crippen MR) is 238 cm³/mol. The van der Waals surface area contributed by atoms with E-state index in [1.165, 1.54) is 96.1 Å². The van der Waals surface area contributed by atoms with Gasteiger partial charge in [-0.1, -0.05) is 148 Å². The largest absolute Gasteiger partial charge is 0.345 e. The Morgan fingerprint density at radius 1 is 0.745 bits per heavy atom. The minimum Gasteiger partial charge on any atom is -0.345 e. The summed E-state index contributed by atoms with van der Waals surface area (Å²) >= 11 is 0. The van der Waals surface area contributed by atoms with Crippen LogP contribution in [0, 0.1) is 0 Å². The van der Waals surface area contributed by atoms with Crippen LogP contribution in [0.4, 0.5) is 17.1 Å². The van der Waals surface area contributed by atoms with Crippen molar-refractivity contribution in [2.75, 3.05) is 16.3 Å². The molecule has 5 aromatic carbocycles. The topological polar surface area (TPSA) is 6.48 Å². The Labute approximate surface area is 328 Å². The van der Waals surface area contributed by atoms with Crippen LogP contribution in [0.5, 0.6) is 0 Å². The first-order valence-electron chi connectivity index (χ1n) is 20.0. The maximum atomic E-state index is 2.52. The summed E-state index contributed by atoms with van der Waals surface area (Å²) in [6, 6.07) is 42.5. The molecule has 0 saturated carbocycles. The second kappa shape index (κ2) is 15.1. The maximum absolute atomic E-state index is 2.52. The average molecular weight is 717 g/mol. The number of rotatable bonds is 8. The number of hydrogen-bond acceptors (Lipinski definition) is 2. The van der Waals surface area contributed by atoms with Crippen LogP contribution < -0.4 is 9.80 Å². The molecule has 8 rings (SSSR count). The molecule has 0 aromatic heterocycles. The highest BCUT2D eigenvalue weighted by Gasteiger charge is 2.35. The van der Waals surface area contributed by atoms with Crippen molar-refractivity contribution >= 4 is 40.9 Å². The number of fused-ring (bicyclic) bond motifs is 3. The van der Waals surface area contributed by atoms with Crippen LogP contribution in [-0.2, 0) is 11.8 Å². The van der Waals surface area contributed by atoms with Crippen molar-refractivity contribution in [3.8, 4) is 11.1 Å². The molecule has 1 aliphatic carbocycles. The number of aryl methyl sites for hydroxylation is 1. The van der Waals surface area contributed by atoms with Crippen molar-refractivity contribution < 1.29 is 0 Å². The quantitative estimate of drug-likeness (QED) is 0.148. The van der Waals surface area contributed by atoms with Gasteiger partial charge in [-0.05, 0) is 132 Å². The lowest BCUT2D eigenvalue weighted by Gasteiger charge is -2.33. The molecule has 0 fully saturated rings. The van der Waals surface area contributed by atoms with E-state index in [4.69, 9.17) is 0 Å². The monoisotopic (exact) mass is 716 g/mol. The summed E-state index contributed by atoms with van der Waals surface area (Å²) in [5, 5.41) is 0. The Morgan fingerprint density at radius 3 is 2.29 bits per heavy atom. The van der Waals surface area contributed by atoms with Gasteiger partial charge in [-0.3, -0.25) is 0 Å². The fourth-order valence-corrected chi connectivity index (χ4v) is 8.92. The standard InChI is InChI=1S/C53H52N2/c1-7-15-42-30-31-44-17-10-12-22-52(44)55(50(42)8-2)46-20-13-18-45(36-46)41-28-25-39(26-29-41)23-24-40-27-32-47-38(4)48(53(5,6)49(47)35-40)34-37(3)54-33-14-19-43-16-9-11-21-51(43)54/h7,9-13,15-18,20-32,34-36H,8,14,19,33H2,1-6H3. The van der Waals surface area contributed by atoms with Gasteiger partial charge in [-0.2, -0.15) is 0 Å². The fourth-order valence-electron chi connectivity index (χ4n) is 8.92. The smallest absolute Gasteiger partial charge is 0.0531 e. The minimum atomic E-state index is -0.0795. The lowest BCUT2D eigenvalue weighted by Crippen LogP contribution is -2.28. The van der Waals surface area contributed by atoms with Gasteiger partial charge in [0.2, 0.25) is 0 Å². The van der Waals surface area contributed by atoms with Crippen molar-refractivity contribution in [2.45, 2.75) is 66.2 Å². The van der Waals surface area contributed by atoms with Crippen LogP contribution in [0.2, 0.25) is 0 Å². The molecule has 0 unspecified atom stereocenters. The summed E-state index contributed by atoms with van der Waals surface area (Å²) in [5.41, 5.74) is 20.6. The maximum Gasteiger partial charge on any atom is 0.0531 e. The molecule has 0 saturated heterocycles. The van der Waals surface area contributed by atoms with Gasteiger partial charge in [0.15, 0.2) is 0 Å².